The number of anilines is 2. The number of carbonyl (C=O) groups is 2. The van der Waals surface area contributed by atoms with Crippen molar-refractivity contribution < 1.29 is 23.8 Å². The van der Waals surface area contributed by atoms with Gasteiger partial charge in [0.05, 0.1) is 13.2 Å². The minimum absolute atomic E-state index is 0.0338. The summed E-state index contributed by atoms with van der Waals surface area (Å²) < 4.78 is 15.7. The lowest BCUT2D eigenvalue weighted by Gasteiger charge is -2.18. The molecule has 27 heavy (non-hydrogen) atoms. The predicted octanol–water partition coefficient (Wildman–Crippen LogP) is 2.35. The van der Waals surface area contributed by atoms with E-state index in [9.17, 15) is 9.59 Å². The Hall–Kier alpha value is -3.42. The first kappa shape index (κ1) is 17.0. The number of urea groups is 1. The van der Waals surface area contributed by atoms with Gasteiger partial charge in [0.25, 0.3) is 0 Å². The van der Waals surface area contributed by atoms with E-state index in [1.165, 1.54) is 0 Å². The molecule has 140 valence electrons. The Bertz CT molecular complexity index is 868. The number of ether oxygens (including phenoxy) is 3. The molecule has 2 aromatic rings. The van der Waals surface area contributed by atoms with Gasteiger partial charge in [0.2, 0.25) is 12.7 Å². The number of rotatable bonds is 4. The standard InChI is InChI=1S/C19H19N3O5/c1-25-15-5-3-14(4-6-15)22-10-13(9-18(22)23)21-19(24)20-12-2-7-16-17(8-12)27-11-26-16/h2-8,13H,9-11H2,1H3,(H2,20,21,24). The van der Waals surface area contributed by atoms with Crippen molar-refractivity contribution in [2.45, 2.75) is 12.5 Å². The van der Waals surface area contributed by atoms with Crippen LogP contribution in [0, 0.1) is 0 Å². The van der Waals surface area contributed by atoms with Crippen LogP contribution in [0.25, 0.3) is 0 Å². The molecule has 2 aliphatic rings. The van der Waals surface area contributed by atoms with E-state index in [-0.39, 0.29) is 31.2 Å². The van der Waals surface area contributed by atoms with Crippen molar-refractivity contribution in [3.05, 3.63) is 42.5 Å². The summed E-state index contributed by atoms with van der Waals surface area (Å²) in [5.41, 5.74) is 1.37. The van der Waals surface area contributed by atoms with Crippen molar-refractivity contribution in [1.82, 2.24) is 5.32 Å². The van der Waals surface area contributed by atoms with Crippen LogP contribution < -0.4 is 29.7 Å². The van der Waals surface area contributed by atoms with Gasteiger partial charge in [-0.1, -0.05) is 0 Å². The Kier molecular flexibility index (Phi) is 4.45. The maximum atomic E-state index is 12.3. The monoisotopic (exact) mass is 369 g/mol. The first-order valence-corrected chi connectivity index (χ1v) is 8.54. The van der Waals surface area contributed by atoms with E-state index < -0.39 is 0 Å². The Labute approximate surface area is 156 Å². The lowest BCUT2D eigenvalue weighted by Crippen LogP contribution is -2.39. The van der Waals surface area contributed by atoms with Crippen LogP contribution in [0.2, 0.25) is 0 Å². The summed E-state index contributed by atoms with van der Waals surface area (Å²) >= 11 is 0. The molecular weight excluding hydrogens is 350 g/mol. The zero-order valence-corrected chi connectivity index (χ0v) is 14.7. The number of hydrogen-bond donors (Lipinski definition) is 2. The fourth-order valence-electron chi connectivity index (χ4n) is 3.14. The van der Waals surface area contributed by atoms with E-state index in [1.54, 1.807) is 42.3 Å². The third-order valence-corrected chi connectivity index (χ3v) is 4.47. The van der Waals surface area contributed by atoms with Gasteiger partial charge < -0.3 is 29.7 Å². The fraction of sp³-hybridized carbons (Fsp3) is 0.263. The zero-order valence-electron chi connectivity index (χ0n) is 14.7. The summed E-state index contributed by atoms with van der Waals surface area (Å²) in [4.78, 5) is 26.2. The first-order chi connectivity index (χ1) is 13.1. The van der Waals surface area contributed by atoms with Crippen molar-refractivity contribution in [2.75, 3.05) is 30.7 Å². The minimum Gasteiger partial charge on any atom is -0.497 e. The Morgan fingerprint density at radius 3 is 2.70 bits per heavy atom. The van der Waals surface area contributed by atoms with E-state index in [4.69, 9.17) is 14.2 Å². The molecule has 0 saturated carbocycles. The van der Waals surface area contributed by atoms with Gasteiger partial charge in [0.1, 0.15) is 5.75 Å². The molecule has 1 saturated heterocycles. The molecule has 2 heterocycles. The van der Waals surface area contributed by atoms with Gasteiger partial charge in [0, 0.05) is 30.4 Å². The highest BCUT2D eigenvalue weighted by molar-refractivity contribution is 5.97. The van der Waals surface area contributed by atoms with Crippen molar-refractivity contribution in [1.29, 1.82) is 0 Å². The maximum Gasteiger partial charge on any atom is 0.319 e. The predicted molar refractivity (Wildman–Crippen MR) is 98.5 cm³/mol. The second-order valence-electron chi connectivity index (χ2n) is 6.27. The third-order valence-electron chi connectivity index (χ3n) is 4.47. The number of nitrogens with one attached hydrogen (secondary N) is 2. The van der Waals surface area contributed by atoms with E-state index in [0.29, 0.717) is 23.7 Å². The molecule has 1 unspecified atom stereocenters. The quantitative estimate of drug-likeness (QED) is 0.864. The average molecular weight is 369 g/mol. The molecule has 0 aliphatic carbocycles. The molecule has 3 amide bonds. The highest BCUT2D eigenvalue weighted by Crippen LogP contribution is 2.34. The van der Waals surface area contributed by atoms with Gasteiger partial charge in [-0.25, -0.2) is 4.79 Å². The molecule has 2 aliphatic heterocycles. The topological polar surface area (TPSA) is 89.1 Å². The summed E-state index contributed by atoms with van der Waals surface area (Å²) in [6.07, 6.45) is 0.251. The van der Waals surface area contributed by atoms with Gasteiger partial charge in [-0.15, -0.1) is 0 Å². The van der Waals surface area contributed by atoms with Crippen molar-refractivity contribution in [2.24, 2.45) is 0 Å². The number of methoxy groups -OCH3 is 1. The number of hydrogen-bond acceptors (Lipinski definition) is 5. The molecule has 8 nitrogen and oxygen atoms in total. The summed E-state index contributed by atoms with van der Waals surface area (Å²) in [7, 11) is 1.59. The number of nitrogens with zero attached hydrogens (tertiary/aromatic N) is 1. The lowest BCUT2D eigenvalue weighted by atomic mass is 10.2. The largest absolute Gasteiger partial charge is 0.497 e. The van der Waals surface area contributed by atoms with Crippen LogP contribution in [-0.4, -0.2) is 38.4 Å². The SMILES string of the molecule is COc1ccc(N2CC(NC(=O)Nc3ccc4c(c3)OCO4)CC2=O)cc1. The average Bonchev–Trinajstić information content (AvgIpc) is 3.27. The van der Waals surface area contributed by atoms with Crippen LogP contribution in [0.1, 0.15) is 6.42 Å². The lowest BCUT2D eigenvalue weighted by molar-refractivity contribution is -0.117. The summed E-state index contributed by atoms with van der Waals surface area (Å²) in [5.74, 6) is 1.93. The van der Waals surface area contributed by atoms with Gasteiger partial charge in [-0.05, 0) is 36.4 Å². The summed E-state index contributed by atoms with van der Waals surface area (Å²) in [6.45, 7) is 0.593. The van der Waals surface area contributed by atoms with E-state index in [1.807, 2.05) is 12.1 Å². The van der Waals surface area contributed by atoms with Gasteiger partial charge in [0.15, 0.2) is 11.5 Å². The second kappa shape index (κ2) is 7.06. The highest BCUT2D eigenvalue weighted by Gasteiger charge is 2.31. The number of fused-ring (bicyclic) bond motifs is 1. The molecule has 0 radical (unpaired) electrons. The third kappa shape index (κ3) is 3.59. The van der Waals surface area contributed by atoms with Crippen LogP contribution >= 0.6 is 0 Å². The van der Waals surface area contributed by atoms with Crippen LogP contribution in [0.15, 0.2) is 42.5 Å². The van der Waals surface area contributed by atoms with Crippen molar-refractivity contribution in [3.63, 3.8) is 0 Å². The molecule has 4 rings (SSSR count). The van der Waals surface area contributed by atoms with E-state index in [2.05, 4.69) is 10.6 Å². The molecule has 2 N–H and O–H groups in total. The van der Waals surface area contributed by atoms with Crippen molar-refractivity contribution in [3.8, 4) is 17.2 Å². The normalized spacial score (nSPS) is 17.7. The summed E-state index contributed by atoms with van der Waals surface area (Å²) in [5, 5.41) is 5.59. The minimum atomic E-state index is -0.372. The zero-order chi connectivity index (χ0) is 18.8. The van der Waals surface area contributed by atoms with E-state index >= 15 is 0 Å². The van der Waals surface area contributed by atoms with Crippen molar-refractivity contribution >= 4 is 23.3 Å². The van der Waals surface area contributed by atoms with Gasteiger partial charge in [-0.3, -0.25) is 4.79 Å². The second-order valence-corrected chi connectivity index (χ2v) is 6.27. The van der Waals surface area contributed by atoms with Gasteiger partial charge in [-0.2, -0.15) is 0 Å². The maximum absolute atomic E-state index is 12.3. The molecule has 1 fully saturated rings. The summed E-state index contributed by atoms with van der Waals surface area (Å²) in [6, 6.07) is 11.8. The molecule has 1 atom stereocenters. The van der Waals surface area contributed by atoms with Crippen LogP contribution in [0.3, 0.4) is 0 Å². The van der Waals surface area contributed by atoms with Gasteiger partial charge >= 0.3 is 6.03 Å². The van der Waals surface area contributed by atoms with Crippen LogP contribution in [0.4, 0.5) is 16.2 Å². The van der Waals surface area contributed by atoms with E-state index in [0.717, 1.165) is 11.4 Å². The first-order valence-electron chi connectivity index (χ1n) is 8.54. The van der Waals surface area contributed by atoms with Crippen LogP contribution in [-0.2, 0) is 4.79 Å². The number of carbonyl (C=O) groups excluding carboxylic acids is 2. The number of benzene rings is 2. The molecule has 2 aromatic carbocycles. The molecule has 0 aromatic heterocycles. The molecular formula is C19H19N3O5. The number of amides is 3. The smallest absolute Gasteiger partial charge is 0.319 e. The Balaban J connectivity index is 1.35. The van der Waals surface area contributed by atoms with Crippen LogP contribution in [0.5, 0.6) is 17.2 Å². The molecule has 8 heteroatoms. The Morgan fingerprint density at radius 1 is 1.15 bits per heavy atom. The molecule has 0 spiro atoms. The highest BCUT2D eigenvalue weighted by atomic mass is 16.7. The Morgan fingerprint density at radius 2 is 1.93 bits per heavy atom. The molecule has 0 bridgehead atoms. The fourth-order valence-corrected chi connectivity index (χ4v) is 3.14.